The van der Waals surface area contributed by atoms with E-state index in [-0.39, 0.29) is 5.41 Å². The fourth-order valence-corrected chi connectivity index (χ4v) is 3.05. The Hall–Kier alpha value is -0.330. The molecule has 1 nitrogen and oxygen atoms in total. The van der Waals surface area contributed by atoms with Crippen LogP contribution in [-0.4, -0.2) is 6.29 Å². The lowest BCUT2D eigenvalue weighted by molar-refractivity contribution is -0.125. The molecule has 2 rings (SSSR count). The lowest BCUT2D eigenvalue weighted by Crippen LogP contribution is -2.41. The van der Waals surface area contributed by atoms with E-state index in [0.29, 0.717) is 5.41 Å². The van der Waals surface area contributed by atoms with E-state index in [1.807, 2.05) is 0 Å². The second kappa shape index (κ2) is 3.11. The van der Waals surface area contributed by atoms with Gasteiger partial charge in [0.05, 0.1) is 0 Å². The molecule has 1 heteroatoms. The lowest BCUT2D eigenvalue weighted by atomic mass is 9.54. The number of hydrogen-bond acceptors (Lipinski definition) is 1. The number of rotatable bonds is 4. The molecule has 2 aliphatic rings. The normalized spacial score (nSPS) is 28.7. The molecule has 0 aliphatic heterocycles. The van der Waals surface area contributed by atoms with Gasteiger partial charge in [-0.05, 0) is 37.5 Å². The Kier molecular flexibility index (Phi) is 2.21. The molecule has 0 aromatic carbocycles. The summed E-state index contributed by atoms with van der Waals surface area (Å²) in [4.78, 5) is 11.0. The van der Waals surface area contributed by atoms with E-state index in [2.05, 4.69) is 6.92 Å². The Balaban J connectivity index is 1.98. The van der Waals surface area contributed by atoms with E-state index < -0.39 is 0 Å². The number of carbonyl (C=O) groups is 1. The third kappa shape index (κ3) is 1.43. The van der Waals surface area contributed by atoms with Gasteiger partial charge in [-0.15, -0.1) is 0 Å². The maximum absolute atomic E-state index is 11.0. The Labute approximate surface area is 80.9 Å². The van der Waals surface area contributed by atoms with Crippen molar-refractivity contribution in [3.8, 4) is 0 Å². The Morgan fingerprint density at radius 1 is 1.15 bits per heavy atom. The molecule has 0 bridgehead atoms. The van der Waals surface area contributed by atoms with Gasteiger partial charge in [-0.25, -0.2) is 0 Å². The zero-order valence-electron chi connectivity index (χ0n) is 8.64. The maximum atomic E-state index is 11.0. The van der Waals surface area contributed by atoms with Gasteiger partial charge in [0.2, 0.25) is 0 Å². The van der Waals surface area contributed by atoms with Crippen LogP contribution in [0.4, 0.5) is 0 Å². The van der Waals surface area contributed by atoms with Crippen LogP contribution in [0.5, 0.6) is 0 Å². The average Bonchev–Trinajstić information content (AvgIpc) is 2.02. The van der Waals surface area contributed by atoms with E-state index in [1.54, 1.807) is 0 Å². The highest BCUT2D eigenvalue weighted by Crippen LogP contribution is 2.56. The molecule has 2 fully saturated rings. The predicted molar refractivity (Wildman–Crippen MR) is 53.5 cm³/mol. The molecule has 0 N–H and O–H groups in total. The highest BCUT2D eigenvalue weighted by atomic mass is 16.1. The van der Waals surface area contributed by atoms with Crippen LogP contribution < -0.4 is 0 Å². The van der Waals surface area contributed by atoms with Gasteiger partial charge in [0.1, 0.15) is 6.29 Å². The van der Waals surface area contributed by atoms with Gasteiger partial charge in [0.15, 0.2) is 0 Å². The topological polar surface area (TPSA) is 17.1 Å². The van der Waals surface area contributed by atoms with Crippen LogP contribution in [-0.2, 0) is 4.79 Å². The van der Waals surface area contributed by atoms with Crippen LogP contribution in [0.2, 0.25) is 0 Å². The number of carbonyl (C=O) groups excluding carboxylic acids is 1. The quantitative estimate of drug-likeness (QED) is 0.606. The highest BCUT2D eigenvalue weighted by Gasteiger charge is 2.46. The van der Waals surface area contributed by atoms with Gasteiger partial charge in [0, 0.05) is 5.41 Å². The predicted octanol–water partition coefficient (Wildman–Crippen LogP) is 3.33. The molecule has 13 heavy (non-hydrogen) atoms. The molecule has 0 spiro atoms. The summed E-state index contributed by atoms with van der Waals surface area (Å²) >= 11 is 0. The summed E-state index contributed by atoms with van der Waals surface area (Å²) in [5, 5.41) is 0. The van der Waals surface area contributed by atoms with Crippen LogP contribution in [0.1, 0.15) is 58.3 Å². The van der Waals surface area contributed by atoms with Crippen molar-refractivity contribution in [1.29, 1.82) is 0 Å². The molecule has 0 aromatic heterocycles. The average molecular weight is 180 g/mol. The maximum Gasteiger partial charge on any atom is 0.126 e. The fourth-order valence-electron chi connectivity index (χ4n) is 3.05. The lowest BCUT2D eigenvalue weighted by Gasteiger charge is -2.50. The molecule has 0 heterocycles. The summed E-state index contributed by atoms with van der Waals surface area (Å²) < 4.78 is 0. The minimum absolute atomic E-state index is 0.121. The first-order chi connectivity index (χ1) is 6.24. The number of aldehydes is 1. The largest absolute Gasteiger partial charge is 0.303 e. The van der Waals surface area contributed by atoms with E-state index >= 15 is 0 Å². The van der Waals surface area contributed by atoms with Crippen LogP contribution in [0, 0.1) is 10.8 Å². The third-order valence-electron chi connectivity index (χ3n) is 4.49. The smallest absolute Gasteiger partial charge is 0.126 e. The van der Waals surface area contributed by atoms with Crippen molar-refractivity contribution in [2.24, 2.45) is 10.8 Å². The molecule has 0 radical (unpaired) electrons. The van der Waals surface area contributed by atoms with Gasteiger partial charge in [-0.2, -0.15) is 0 Å². The van der Waals surface area contributed by atoms with Gasteiger partial charge < -0.3 is 4.79 Å². The van der Waals surface area contributed by atoms with Gasteiger partial charge in [0.25, 0.3) is 0 Å². The third-order valence-corrected chi connectivity index (χ3v) is 4.49. The summed E-state index contributed by atoms with van der Waals surface area (Å²) in [5.41, 5.74) is 0.692. The van der Waals surface area contributed by atoms with Gasteiger partial charge in [-0.3, -0.25) is 0 Å². The molecule has 0 aromatic rings. The van der Waals surface area contributed by atoms with Crippen molar-refractivity contribution in [2.75, 3.05) is 0 Å². The molecule has 0 unspecified atom stereocenters. The van der Waals surface area contributed by atoms with Crippen LogP contribution in [0.25, 0.3) is 0 Å². The van der Waals surface area contributed by atoms with E-state index in [4.69, 9.17) is 0 Å². The van der Waals surface area contributed by atoms with Crippen molar-refractivity contribution in [2.45, 2.75) is 58.3 Å². The summed E-state index contributed by atoms with van der Waals surface area (Å²) in [7, 11) is 0. The summed E-state index contributed by atoms with van der Waals surface area (Å²) in [5.74, 6) is 0. The molecule has 74 valence electrons. The fraction of sp³-hybridized carbons (Fsp3) is 0.917. The SMILES string of the molecule is CCC1(CC2(C=O)CCC2)CCC1. The molecule has 0 saturated heterocycles. The summed E-state index contributed by atoms with van der Waals surface area (Å²) in [6, 6.07) is 0. The minimum Gasteiger partial charge on any atom is -0.303 e. The van der Waals surface area contributed by atoms with E-state index in [1.165, 1.54) is 44.8 Å². The Morgan fingerprint density at radius 2 is 1.77 bits per heavy atom. The summed E-state index contributed by atoms with van der Waals surface area (Å²) in [6.45, 7) is 2.29. The minimum atomic E-state index is 0.121. The van der Waals surface area contributed by atoms with Crippen LogP contribution in [0.15, 0.2) is 0 Å². The molecular weight excluding hydrogens is 160 g/mol. The second-order valence-electron chi connectivity index (χ2n) is 5.22. The monoisotopic (exact) mass is 180 g/mol. The van der Waals surface area contributed by atoms with Crippen LogP contribution in [0.3, 0.4) is 0 Å². The van der Waals surface area contributed by atoms with E-state index in [0.717, 1.165) is 12.8 Å². The molecule has 2 aliphatic carbocycles. The van der Waals surface area contributed by atoms with Crippen molar-refractivity contribution < 1.29 is 4.79 Å². The standard InChI is InChI=1S/C12H20O/c1-2-11(5-3-6-11)9-12(10-13)7-4-8-12/h10H,2-9H2,1H3. The second-order valence-corrected chi connectivity index (χ2v) is 5.22. The van der Waals surface area contributed by atoms with Crippen molar-refractivity contribution in [1.82, 2.24) is 0 Å². The van der Waals surface area contributed by atoms with E-state index in [9.17, 15) is 4.79 Å². The molecule has 0 atom stereocenters. The van der Waals surface area contributed by atoms with Crippen molar-refractivity contribution in [3.63, 3.8) is 0 Å². The first-order valence-corrected chi connectivity index (χ1v) is 5.71. The Morgan fingerprint density at radius 3 is 2.00 bits per heavy atom. The zero-order valence-corrected chi connectivity index (χ0v) is 8.64. The summed E-state index contributed by atoms with van der Waals surface area (Å²) in [6.07, 6.45) is 11.5. The van der Waals surface area contributed by atoms with Gasteiger partial charge in [-0.1, -0.05) is 26.2 Å². The zero-order chi connectivity index (χ0) is 9.36. The first kappa shape index (κ1) is 9.23. The number of hydrogen-bond donors (Lipinski definition) is 0. The van der Waals surface area contributed by atoms with Crippen molar-refractivity contribution in [3.05, 3.63) is 0 Å². The van der Waals surface area contributed by atoms with Crippen molar-refractivity contribution >= 4 is 6.29 Å². The molecular formula is C12H20O. The highest BCUT2D eigenvalue weighted by molar-refractivity contribution is 5.61. The van der Waals surface area contributed by atoms with Gasteiger partial charge >= 0.3 is 0 Å². The molecule has 0 amide bonds. The first-order valence-electron chi connectivity index (χ1n) is 5.71. The molecule has 2 saturated carbocycles. The van der Waals surface area contributed by atoms with Crippen LogP contribution >= 0.6 is 0 Å². The Bertz CT molecular complexity index is 194.